The minimum absolute atomic E-state index is 0.0840. The van der Waals surface area contributed by atoms with E-state index in [-0.39, 0.29) is 11.3 Å². The second-order valence-electron chi connectivity index (χ2n) is 9.87. The predicted octanol–water partition coefficient (Wildman–Crippen LogP) is 6.32. The molecule has 1 aromatic heterocycles. The van der Waals surface area contributed by atoms with Crippen LogP contribution in [-0.4, -0.2) is 46.9 Å². The molecule has 0 spiro atoms. The average Bonchev–Trinajstić information content (AvgIpc) is 2.95. The Bertz CT molecular complexity index is 1570. The topological polar surface area (TPSA) is 100 Å². The molecule has 0 unspecified atom stereocenters. The largest absolute Gasteiger partial charge is 0.481 e. The molecule has 202 valence electrons. The number of aromatic nitrogens is 2. The lowest BCUT2D eigenvalue weighted by molar-refractivity contribution is -0.137. The van der Waals surface area contributed by atoms with E-state index in [2.05, 4.69) is 12.1 Å². The Morgan fingerprint density at radius 1 is 0.923 bits per heavy atom. The Balaban J connectivity index is 1.42. The molecule has 0 radical (unpaired) electrons. The number of unbranched alkanes of at least 4 members (excludes halogenated alkanes) is 1. The third kappa shape index (κ3) is 6.30. The molecule has 0 amide bonds. The number of carbonyl (C=O) groups is 1. The molecule has 1 N–H and O–H groups in total. The van der Waals surface area contributed by atoms with Crippen molar-refractivity contribution in [2.75, 3.05) is 13.1 Å². The number of benzene rings is 3. The number of carboxylic acids is 1. The van der Waals surface area contributed by atoms with Gasteiger partial charge in [-0.15, -0.1) is 0 Å². The molecule has 1 aliphatic rings. The fourth-order valence-electron chi connectivity index (χ4n) is 5.12. The summed E-state index contributed by atoms with van der Waals surface area (Å²) in [6, 6.07) is 22.5. The first-order chi connectivity index (χ1) is 18.8. The molecule has 5 rings (SSSR count). The van der Waals surface area contributed by atoms with Gasteiger partial charge in [0, 0.05) is 30.1 Å². The van der Waals surface area contributed by atoms with E-state index >= 15 is 0 Å². The number of piperidine rings is 1. The molecule has 0 aliphatic carbocycles. The van der Waals surface area contributed by atoms with Crippen LogP contribution in [0.15, 0.2) is 77.7 Å². The minimum Gasteiger partial charge on any atom is -0.481 e. The normalized spacial score (nSPS) is 15.0. The minimum atomic E-state index is -3.68. The van der Waals surface area contributed by atoms with E-state index in [1.165, 1.54) is 5.56 Å². The SMILES string of the molecule is O=C(O)CCCCc1nc2cc(S(=O)(=O)N3CCC(c4ccccc4)CC3)ccc2nc1-c1ccc(Cl)cc1. The van der Waals surface area contributed by atoms with Crippen LogP contribution in [0.5, 0.6) is 0 Å². The van der Waals surface area contributed by atoms with Crippen LogP contribution >= 0.6 is 11.6 Å². The number of hydrogen-bond acceptors (Lipinski definition) is 5. The summed E-state index contributed by atoms with van der Waals surface area (Å²) >= 11 is 6.08. The van der Waals surface area contributed by atoms with Gasteiger partial charge in [0.2, 0.25) is 10.0 Å². The van der Waals surface area contributed by atoms with Crippen LogP contribution in [-0.2, 0) is 21.2 Å². The van der Waals surface area contributed by atoms with Gasteiger partial charge >= 0.3 is 5.97 Å². The van der Waals surface area contributed by atoms with Crippen LogP contribution in [0.4, 0.5) is 0 Å². The zero-order valence-corrected chi connectivity index (χ0v) is 23.0. The molecular weight excluding hydrogens is 534 g/mol. The monoisotopic (exact) mass is 563 g/mol. The van der Waals surface area contributed by atoms with Crippen molar-refractivity contribution in [1.82, 2.24) is 14.3 Å². The first-order valence-electron chi connectivity index (χ1n) is 13.1. The van der Waals surface area contributed by atoms with Crippen molar-refractivity contribution >= 4 is 38.6 Å². The predicted molar refractivity (Wildman–Crippen MR) is 152 cm³/mol. The Labute approximate surface area is 233 Å². The number of hydrogen-bond donors (Lipinski definition) is 1. The Hall–Kier alpha value is -3.33. The number of aryl methyl sites for hydroxylation is 1. The smallest absolute Gasteiger partial charge is 0.303 e. The summed E-state index contributed by atoms with van der Waals surface area (Å²) in [6.07, 6.45) is 3.31. The van der Waals surface area contributed by atoms with E-state index in [1.807, 2.05) is 30.3 Å². The van der Waals surface area contributed by atoms with Gasteiger partial charge in [-0.1, -0.05) is 54.1 Å². The fraction of sp³-hybridized carbons (Fsp3) is 0.300. The van der Waals surface area contributed by atoms with Gasteiger partial charge in [-0.2, -0.15) is 4.31 Å². The third-order valence-corrected chi connectivity index (χ3v) is 9.39. The highest BCUT2D eigenvalue weighted by Gasteiger charge is 2.30. The number of aliphatic carboxylic acids is 1. The van der Waals surface area contributed by atoms with E-state index in [0.717, 1.165) is 18.4 Å². The summed E-state index contributed by atoms with van der Waals surface area (Å²) in [7, 11) is -3.68. The lowest BCUT2D eigenvalue weighted by atomic mass is 9.90. The molecule has 39 heavy (non-hydrogen) atoms. The number of halogens is 1. The molecule has 1 aliphatic heterocycles. The van der Waals surface area contributed by atoms with Gasteiger partial charge in [0.15, 0.2) is 0 Å². The molecule has 3 aromatic carbocycles. The van der Waals surface area contributed by atoms with Gasteiger partial charge in [-0.25, -0.2) is 18.4 Å². The van der Waals surface area contributed by atoms with Crippen molar-refractivity contribution < 1.29 is 18.3 Å². The summed E-state index contributed by atoms with van der Waals surface area (Å²) in [4.78, 5) is 20.8. The van der Waals surface area contributed by atoms with Crippen molar-refractivity contribution in [2.24, 2.45) is 0 Å². The summed E-state index contributed by atoms with van der Waals surface area (Å²) in [5.41, 5.74) is 4.58. The number of rotatable bonds is 9. The molecule has 2 heterocycles. The van der Waals surface area contributed by atoms with Gasteiger partial charge in [-0.3, -0.25) is 4.79 Å². The Morgan fingerprint density at radius 2 is 1.64 bits per heavy atom. The summed E-state index contributed by atoms with van der Waals surface area (Å²) in [5, 5.41) is 9.61. The van der Waals surface area contributed by atoms with Crippen LogP contribution in [0.25, 0.3) is 22.3 Å². The summed E-state index contributed by atoms with van der Waals surface area (Å²) in [6.45, 7) is 0.936. The quantitative estimate of drug-likeness (QED) is 0.239. The maximum Gasteiger partial charge on any atom is 0.303 e. The van der Waals surface area contributed by atoms with Crippen LogP contribution in [0.2, 0.25) is 5.02 Å². The lowest BCUT2D eigenvalue weighted by Gasteiger charge is -2.31. The number of sulfonamides is 1. The molecule has 7 nitrogen and oxygen atoms in total. The lowest BCUT2D eigenvalue weighted by Crippen LogP contribution is -2.37. The second kappa shape index (κ2) is 11.8. The molecular formula is C30H30ClN3O4S. The first-order valence-corrected chi connectivity index (χ1v) is 15.0. The van der Waals surface area contributed by atoms with Crippen molar-refractivity contribution in [3.8, 4) is 11.3 Å². The van der Waals surface area contributed by atoms with Crippen molar-refractivity contribution in [2.45, 2.75) is 49.3 Å². The highest BCUT2D eigenvalue weighted by molar-refractivity contribution is 7.89. The van der Waals surface area contributed by atoms with Crippen LogP contribution in [0, 0.1) is 0 Å². The maximum absolute atomic E-state index is 13.6. The highest BCUT2D eigenvalue weighted by Crippen LogP contribution is 2.32. The van der Waals surface area contributed by atoms with E-state index < -0.39 is 16.0 Å². The second-order valence-corrected chi connectivity index (χ2v) is 12.2. The standard InChI is InChI=1S/C30H30ClN3O4S/c31-24-12-10-23(11-13-24)30-27(8-4-5-9-29(35)36)32-28-20-25(14-15-26(28)33-30)39(37,38)34-18-16-22(17-19-34)21-6-2-1-3-7-21/h1-3,6-7,10-15,20,22H,4-5,8-9,16-19H2,(H,35,36). The van der Waals surface area contributed by atoms with Crippen LogP contribution < -0.4 is 0 Å². The zero-order chi connectivity index (χ0) is 27.4. The van der Waals surface area contributed by atoms with Crippen LogP contribution in [0.1, 0.15) is 49.3 Å². The van der Waals surface area contributed by atoms with Gasteiger partial charge in [0.25, 0.3) is 0 Å². The maximum atomic E-state index is 13.6. The van der Waals surface area contributed by atoms with Crippen molar-refractivity contribution in [3.63, 3.8) is 0 Å². The number of nitrogens with zero attached hydrogens (tertiary/aromatic N) is 3. The molecule has 1 fully saturated rings. The van der Waals surface area contributed by atoms with Gasteiger partial charge < -0.3 is 5.11 Å². The Morgan fingerprint density at radius 3 is 2.33 bits per heavy atom. The van der Waals surface area contributed by atoms with E-state index in [4.69, 9.17) is 26.7 Å². The third-order valence-electron chi connectivity index (χ3n) is 7.24. The molecule has 0 bridgehead atoms. The highest BCUT2D eigenvalue weighted by atomic mass is 35.5. The van der Waals surface area contributed by atoms with Crippen LogP contribution in [0.3, 0.4) is 0 Å². The molecule has 4 aromatic rings. The average molecular weight is 564 g/mol. The summed E-state index contributed by atoms with van der Waals surface area (Å²) < 4.78 is 28.7. The molecule has 0 atom stereocenters. The van der Waals surface area contributed by atoms with E-state index in [1.54, 1.807) is 34.6 Å². The zero-order valence-electron chi connectivity index (χ0n) is 21.5. The molecule has 9 heteroatoms. The number of carboxylic acid groups (broad SMARTS) is 1. The first kappa shape index (κ1) is 27.2. The van der Waals surface area contributed by atoms with Gasteiger partial charge in [0.05, 0.1) is 27.3 Å². The van der Waals surface area contributed by atoms with E-state index in [0.29, 0.717) is 65.7 Å². The fourth-order valence-corrected chi connectivity index (χ4v) is 6.73. The number of fused-ring (bicyclic) bond motifs is 1. The van der Waals surface area contributed by atoms with Gasteiger partial charge in [0.1, 0.15) is 0 Å². The van der Waals surface area contributed by atoms with Crippen molar-refractivity contribution in [3.05, 3.63) is 89.1 Å². The Kier molecular flexibility index (Phi) is 8.26. The van der Waals surface area contributed by atoms with Gasteiger partial charge in [-0.05, 0) is 73.9 Å². The summed E-state index contributed by atoms with van der Waals surface area (Å²) in [5.74, 6) is -0.477. The van der Waals surface area contributed by atoms with Crippen molar-refractivity contribution in [1.29, 1.82) is 0 Å². The molecule has 1 saturated heterocycles. The van der Waals surface area contributed by atoms with E-state index in [9.17, 15) is 13.2 Å². The molecule has 0 saturated carbocycles.